The van der Waals surface area contributed by atoms with Gasteiger partial charge >= 0.3 is 5.97 Å². The summed E-state index contributed by atoms with van der Waals surface area (Å²) >= 11 is 1.27. The zero-order chi connectivity index (χ0) is 12.3. The second kappa shape index (κ2) is 5.16. The van der Waals surface area contributed by atoms with E-state index in [4.69, 9.17) is 14.3 Å². The van der Waals surface area contributed by atoms with Gasteiger partial charge in [-0.15, -0.1) is 11.3 Å². The molecule has 0 fully saturated rings. The van der Waals surface area contributed by atoms with Crippen LogP contribution in [0.3, 0.4) is 0 Å². The van der Waals surface area contributed by atoms with Gasteiger partial charge in [-0.2, -0.15) is 0 Å². The summed E-state index contributed by atoms with van der Waals surface area (Å²) in [7, 11) is 0. The van der Waals surface area contributed by atoms with Crippen LogP contribution in [0.2, 0.25) is 0 Å². The van der Waals surface area contributed by atoms with Gasteiger partial charge in [-0.25, -0.2) is 4.79 Å². The second-order valence-corrected chi connectivity index (χ2v) is 4.83. The number of hydrogen-bond donors (Lipinski definition) is 1. The third-order valence-electron chi connectivity index (χ3n) is 2.31. The molecule has 0 aromatic carbocycles. The zero-order valence-corrected chi connectivity index (χ0v) is 10.1. The minimum Gasteiger partial charge on any atom is -0.477 e. The fraction of sp³-hybridized carbons (Fsp3) is 0.250. The molecule has 4 nitrogen and oxygen atoms in total. The molecule has 17 heavy (non-hydrogen) atoms. The van der Waals surface area contributed by atoms with E-state index in [2.05, 4.69) is 0 Å². The molecule has 90 valence electrons. The normalized spacial score (nSPS) is 10.6. The van der Waals surface area contributed by atoms with Gasteiger partial charge in [0.1, 0.15) is 17.2 Å². The monoisotopic (exact) mass is 252 g/mol. The Morgan fingerprint density at radius 3 is 2.94 bits per heavy atom. The van der Waals surface area contributed by atoms with E-state index in [-0.39, 0.29) is 0 Å². The maximum Gasteiger partial charge on any atom is 0.345 e. The van der Waals surface area contributed by atoms with Gasteiger partial charge in [0.05, 0.1) is 12.9 Å². The number of aryl methyl sites for hydroxylation is 1. The lowest BCUT2D eigenvalue weighted by Gasteiger charge is -2.01. The zero-order valence-electron chi connectivity index (χ0n) is 9.30. The summed E-state index contributed by atoms with van der Waals surface area (Å²) < 4.78 is 10.6. The molecule has 2 aromatic heterocycles. The minimum absolute atomic E-state index is 0.346. The molecule has 0 atom stereocenters. The number of aromatic carboxylic acids is 1. The van der Waals surface area contributed by atoms with Gasteiger partial charge in [-0.05, 0) is 30.7 Å². The molecule has 1 N–H and O–H groups in total. The molecule has 2 heterocycles. The lowest BCUT2D eigenvalue weighted by molar-refractivity contribution is 0.0701. The Morgan fingerprint density at radius 1 is 1.53 bits per heavy atom. The van der Waals surface area contributed by atoms with E-state index < -0.39 is 5.97 Å². The molecule has 0 aliphatic heterocycles. The van der Waals surface area contributed by atoms with Gasteiger partial charge in [0.25, 0.3) is 0 Å². The first-order valence-electron chi connectivity index (χ1n) is 5.09. The van der Waals surface area contributed by atoms with Crippen molar-refractivity contribution in [2.24, 2.45) is 0 Å². The molecular formula is C12H12O4S. The fourth-order valence-corrected chi connectivity index (χ4v) is 2.29. The molecule has 0 bridgehead atoms. The Hall–Kier alpha value is -1.59. The van der Waals surface area contributed by atoms with Crippen molar-refractivity contribution < 1.29 is 19.1 Å². The van der Waals surface area contributed by atoms with Crippen LogP contribution in [-0.4, -0.2) is 11.1 Å². The van der Waals surface area contributed by atoms with Gasteiger partial charge in [0, 0.05) is 4.88 Å². The molecule has 0 aliphatic rings. The quantitative estimate of drug-likeness (QED) is 0.888. The van der Waals surface area contributed by atoms with Crippen molar-refractivity contribution in [3.8, 4) is 0 Å². The molecular weight excluding hydrogens is 240 g/mol. The average Bonchev–Trinajstić information content (AvgIpc) is 2.89. The Bertz CT molecular complexity index is 499. The van der Waals surface area contributed by atoms with Gasteiger partial charge < -0.3 is 14.3 Å². The predicted octanol–water partition coefficient (Wildman–Crippen LogP) is 3.06. The topological polar surface area (TPSA) is 59.7 Å². The molecule has 2 rings (SSSR count). The largest absolute Gasteiger partial charge is 0.477 e. The van der Waals surface area contributed by atoms with Gasteiger partial charge in [0.2, 0.25) is 0 Å². The summed E-state index contributed by atoms with van der Waals surface area (Å²) in [5, 5.41) is 8.85. The first-order chi connectivity index (χ1) is 8.16. The van der Waals surface area contributed by atoms with E-state index in [0.29, 0.717) is 18.1 Å². The number of thiophene rings is 1. The van der Waals surface area contributed by atoms with Crippen molar-refractivity contribution in [3.63, 3.8) is 0 Å². The van der Waals surface area contributed by atoms with Crippen molar-refractivity contribution in [3.05, 3.63) is 45.5 Å². The standard InChI is InChI=1S/C12H12O4S/c1-8-9(5-11(17-8)12(13)14)6-15-7-10-3-2-4-16-10/h2-5H,6-7H2,1H3,(H,13,14). The van der Waals surface area contributed by atoms with Crippen LogP contribution in [0.1, 0.15) is 25.9 Å². The number of carbonyl (C=O) groups is 1. The molecule has 0 aliphatic carbocycles. The van der Waals surface area contributed by atoms with Crippen molar-refractivity contribution >= 4 is 17.3 Å². The summed E-state index contributed by atoms with van der Waals surface area (Å²) in [4.78, 5) is 12.1. The molecule has 0 amide bonds. The van der Waals surface area contributed by atoms with Crippen molar-refractivity contribution in [1.29, 1.82) is 0 Å². The maximum atomic E-state index is 10.8. The SMILES string of the molecule is Cc1sc(C(=O)O)cc1COCc1ccco1. The number of rotatable bonds is 5. The molecule has 2 aromatic rings. The van der Waals surface area contributed by atoms with E-state index in [9.17, 15) is 4.79 Å². The highest BCUT2D eigenvalue weighted by molar-refractivity contribution is 7.14. The number of hydrogen-bond acceptors (Lipinski definition) is 4. The Balaban J connectivity index is 1.92. The highest BCUT2D eigenvalue weighted by Gasteiger charge is 2.11. The van der Waals surface area contributed by atoms with Crippen LogP contribution in [0.5, 0.6) is 0 Å². The highest BCUT2D eigenvalue weighted by Crippen LogP contribution is 2.22. The Labute approximate surface area is 102 Å². The number of carboxylic acids is 1. The molecule has 0 spiro atoms. The van der Waals surface area contributed by atoms with Crippen molar-refractivity contribution in [1.82, 2.24) is 0 Å². The predicted molar refractivity (Wildman–Crippen MR) is 63.2 cm³/mol. The Kier molecular flexibility index (Phi) is 3.61. The van der Waals surface area contributed by atoms with Gasteiger partial charge in [0.15, 0.2) is 0 Å². The Morgan fingerprint density at radius 2 is 2.35 bits per heavy atom. The molecule has 0 saturated carbocycles. The van der Waals surface area contributed by atoms with Crippen LogP contribution in [0.4, 0.5) is 0 Å². The van der Waals surface area contributed by atoms with E-state index >= 15 is 0 Å². The average molecular weight is 252 g/mol. The van der Waals surface area contributed by atoms with Crippen LogP contribution in [-0.2, 0) is 18.0 Å². The summed E-state index contributed by atoms with van der Waals surface area (Å²) in [6.07, 6.45) is 1.59. The minimum atomic E-state index is -0.893. The number of ether oxygens (including phenoxy) is 1. The van der Waals surface area contributed by atoms with E-state index in [1.807, 2.05) is 13.0 Å². The number of carboxylic acid groups (broad SMARTS) is 1. The molecule has 5 heteroatoms. The smallest absolute Gasteiger partial charge is 0.345 e. The lowest BCUT2D eigenvalue weighted by atomic mass is 10.2. The van der Waals surface area contributed by atoms with Gasteiger partial charge in [-0.1, -0.05) is 0 Å². The van der Waals surface area contributed by atoms with E-state index in [1.165, 1.54) is 11.3 Å². The van der Waals surface area contributed by atoms with Crippen molar-refractivity contribution in [2.75, 3.05) is 0 Å². The molecule has 0 radical (unpaired) electrons. The third kappa shape index (κ3) is 2.95. The van der Waals surface area contributed by atoms with E-state index in [1.54, 1.807) is 18.4 Å². The lowest BCUT2D eigenvalue weighted by Crippen LogP contribution is -1.94. The first kappa shape index (κ1) is 11.9. The third-order valence-corrected chi connectivity index (χ3v) is 3.39. The maximum absolute atomic E-state index is 10.8. The molecule has 0 saturated heterocycles. The van der Waals surface area contributed by atoms with E-state index in [0.717, 1.165) is 16.2 Å². The van der Waals surface area contributed by atoms with Crippen LogP contribution >= 0.6 is 11.3 Å². The summed E-state index contributed by atoms with van der Waals surface area (Å²) in [5.41, 5.74) is 0.916. The number of furan rings is 1. The summed E-state index contributed by atoms with van der Waals surface area (Å²) in [6, 6.07) is 5.30. The van der Waals surface area contributed by atoms with Crippen LogP contribution in [0.15, 0.2) is 28.9 Å². The summed E-state index contributed by atoms with van der Waals surface area (Å²) in [5.74, 6) is -0.133. The van der Waals surface area contributed by atoms with Crippen LogP contribution in [0, 0.1) is 6.92 Å². The highest BCUT2D eigenvalue weighted by atomic mass is 32.1. The fourth-order valence-electron chi connectivity index (χ4n) is 1.42. The van der Waals surface area contributed by atoms with Crippen LogP contribution in [0.25, 0.3) is 0 Å². The van der Waals surface area contributed by atoms with Gasteiger partial charge in [-0.3, -0.25) is 0 Å². The molecule has 0 unspecified atom stereocenters. The summed E-state index contributed by atoms with van der Waals surface area (Å²) in [6.45, 7) is 2.68. The van der Waals surface area contributed by atoms with Crippen LogP contribution < -0.4 is 0 Å². The van der Waals surface area contributed by atoms with Crippen molar-refractivity contribution in [2.45, 2.75) is 20.1 Å². The second-order valence-electron chi connectivity index (χ2n) is 3.57. The first-order valence-corrected chi connectivity index (χ1v) is 5.91.